The normalized spacial score (nSPS) is 12.6. The molecule has 5 heterocycles. The fraction of sp³-hybridized carbons (Fsp3) is 0. The minimum absolute atomic E-state index is 0.0183. The molecule has 0 fully saturated rings. The lowest BCUT2D eigenvalue weighted by molar-refractivity contribution is 0.660. The average molecular weight is 675 g/mol. The van der Waals surface area contributed by atoms with Gasteiger partial charge in [0, 0.05) is 43.1 Å². The van der Waals surface area contributed by atoms with Crippen LogP contribution in [0.15, 0.2) is 167 Å². The summed E-state index contributed by atoms with van der Waals surface area (Å²) in [6.07, 6.45) is 0. The lowest BCUT2D eigenvalue weighted by Gasteiger charge is -2.09. The van der Waals surface area contributed by atoms with Crippen molar-refractivity contribution in [2.45, 2.75) is 0 Å². The number of para-hydroxylation sites is 4. The molecule has 0 saturated carbocycles. The highest BCUT2D eigenvalue weighted by Crippen LogP contribution is 2.45. The van der Waals surface area contributed by atoms with Crippen molar-refractivity contribution >= 4 is 98.1 Å². The number of nitrogens with zero attached hydrogens (tertiary/aromatic N) is 2. The van der Waals surface area contributed by atoms with E-state index in [9.17, 15) is 4.79 Å². The van der Waals surface area contributed by atoms with Crippen LogP contribution in [0.25, 0.3) is 120 Å². The zero-order valence-electron chi connectivity index (χ0n) is 28.2. The molecule has 0 aliphatic carbocycles. The first-order valence-electron chi connectivity index (χ1n) is 18.1. The maximum atomic E-state index is 14.0. The molecule has 13 aromatic rings. The van der Waals surface area contributed by atoms with Gasteiger partial charge in [-0.15, -0.1) is 0 Å². The van der Waals surface area contributed by atoms with Crippen molar-refractivity contribution in [3.63, 3.8) is 0 Å². The third kappa shape index (κ3) is 3.34. The summed E-state index contributed by atoms with van der Waals surface area (Å²) >= 11 is 0. The van der Waals surface area contributed by atoms with Crippen molar-refractivity contribution in [1.82, 2.24) is 8.80 Å². The van der Waals surface area contributed by atoms with Gasteiger partial charge in [0.25, 0.3) is 0 Å². The Hall–Kier alpha value is -7.17. The smallest absolute Gasteiger partial charge is 0.200 e. The molecule has 0 bridgehead atoms. The Kier molecular flexibility index (Phi) is 4.98. The van der Waals surface area contributed by atoms with Gasteiger partial charge < -0.3 is 13.2 Å². The molecule has 0 N–H and O–H groups in total. The summed E-state index contributed by atoms with van der Waals surface area (Å²) in [4.78, 5) is 14.0. The van der Waals surface area contributed by atoms with E-state index in [1.165, 1.54) is 76.2 Å². The van der Waals surface area contributed by atoms with Crippen LogP contribution in [0.4, 0.5) is 0 Å². The highest BCUT2D eigenvalue weighted by atomic mass is 16.3. The Morgan fingerprint density at radius 2 is 0.774 bits per heavy atom. The highest BCUT2D eigenvalue weighted by Gasteiger charge is 2.22. The highest BCUT2D eigenvalue weighted by molar-refractivity contribution is 6.27. The lowest BCUT2D eigenvalue weighted by atomic mass is 9.96. The van der Waals surface area contributed by atoms with Gasteiger partial charge in [-0.3, -0.25) is 4.79 Å². The van der Waals surface area contributed by atoms with Gasteiger partial charge in [-0.2, -0.15) is 0 Å². The molecule has 0 aliphatic rings. The van der Waals surface area contributed by atoms with Crippen LogP contribution in [0.5, 0.6) is 0 Å². The molecule has 244 valence electrons. The number of benzene rings is 8. The lowest BCUT2D eigenvalue weighted by Crippen LogP contribution is -2.02. The van der Waals surface area contributed by atoms with Crippen molar-refractivity contribution in [2.24, 2.45) is 0 Å². The summed E-state index contributed by atoms with van der Waals surface area (Å²) in [6.45, 7) is 0. The summed E-state index contributed by atoms with van der Waals surface area (Å²) in [7, 11) is 0. The van der Waals surface area contributed by atoms with E-state index in [0.717, 1.165) is 22.3 Å². The summed E-state index contributed by atoms with van der Waals surface area (Å²) in [5, 5.41) is 11.1. The van der Waals surface area contributed by atoms with E-state index >= 15 is 0 Å². The van der Waals surface area contributed by atoms with Crippen molar-refractivity contribution in [1.29, 1.82) is 0 Å². The number of aromatic nitrogens is 2. The number of hydrogen-bond donors (Lipinski definition) is 0. The van der Waals surface area contributed by atoms with Crippen LogP contribution in [0.3, 0.4) is 0 Å². The van der Waals surface area contributed by atoms with Gasteiger partial charge in [0.15, 0.2) is 0 Å². The fourth-order valence-electron chi connectivity index (χ4n) is 9.63. The minimum Gasteiger partial charge on any atom is -0.456 e. The maximum absolute atomic E-state index is 14.0. The molecule has 0 saturated heterocycles. The van der Waals surface area contributed by atoms with E-state index < -0.39 is 0 Å². The second-order valence-electron chi connectivity index (χ2n) is 14.4. The molecule has 13 rings (SSSR count). The summed E-state index contributed by atoms with van der Waals surface area (Å²) < 4.78 is 11.5. The summed E-state index contributed by atoms with van der Waals surface area (Å²) in [6, 6.07) is 55.6. The SMILES string of the molecule is O=c1c2ccc(-c3cccc4c3c3cccc5c6ccccc6n4c53)cc2oc2cc(-c3cccc4c3c3cccc5c6ccccc6n4c53)ccc12. The van der Waals surface area contributed by atoms with Gasteiger partial charge in [0.2, 0.25) is 5.43 Å². The molecule has 0 spiro atoms. The van der Waals surface area contributed by atoms with Crippen molar-refractivity contribution < 1.29 is 4.42 Å². The Bertz CT molecular complexity index is 3520. The van der Waals surface area contributed by atoms with Crippen LogP contribution in [-0.2, 0) is 0 Å². The van der Waals surface area contributed by atoms with Gasteiger partial charge in [0.05, 0.1) is 43.9 Å². The average Bonchev–Trinajstić information content (AvgIpc) is 3.94. The van der Waals surface area contributed by atoms with Gasteiger partial charge in [0.1, 0.15) is 11.2 Å². The molecule has 4 nitrogen and oxygen atoms in total. The molecule has 5 aromatic heterocycles. The Morgan fingerprint density at radius 3 is 1.28 bits per heavy atom. The van der Waals surface area contributed by atoms with Crippen LogP contribution < -0.4 is 5.43 Å². The van der Waals surface area contributed by atoms with Crippen LogP contribution >= 0.6 is 0 Å². The van der Waals surface area contributed by atoms with E-state index in [2.05, 4.69) is 142 Å². The van der Waals surface area contributed by atoms with E-state index in [0.29, 0.717) is 21.9 Å². The van der Waals surface area contributed by atoms with Crippen LogP contribution in [0.2, 0.25) is 0 Å². The number of fused-ring (bicyclic) bond motifs is 14. The quantitative estimate of drug-likeness (QED) is 0.171. The fourth-order valence-corrected chi connectivity index (χ4v) is 9.63. The van der Waals surface area contributed by atoms with E-state index in [1.807, 2.05) is 24.3 Å². The van der Waals surface area contributed by atoms with Gasteiger partial charge in [-0.1, -0.05) is 109 Å². The van der Waals surface area contributed by atoms with E-state index in [4.69, 9.17) is 4.42 Å². The monoisotopic (exact) mass is 674 g/mol. The van der Waals surface area contributed by atoms with Crippen LogP contribution in [0.1, 0.15) is 0 Å². The zero-order chi connectivity index (χ0) is 34.5. The first kappa shape index (κ1) is 27.5. The second kappa shape index (κ2) is 9.58. The third-order valence-corrected chi connectivity index (χ3v) is 11.8. The molecular weight excluding hydrogens is 649 g/mol. The zero-order valence-corrected chi connectivity index (χ0v) is 28.2. The molecule has 53 heavy (non-hydrogen) atoms. The maximum Gasteiger partial charge on any atom is 0.200 e. The molecule has 0 aliphatic heterocycles. The Morgan fingerprint density at radius 1 is 0.358 bits per heavy atom. The summed E-state index contributed by atoms with van der Waals surface area (Å²) in [5.41, 5.74) is 12.7. The summed E-state index contributed by atoms with van der Waals surface area (Å²) in [5.74, 6) is 0. The molecule has 4 heteroatoms. The first-order valence-corrected chi connectivity index (χ1v) is 18.1. The third-order valence-electron chi connectivity index (χ3n) is 11.8. The van der Waals surface area contributed by atoms with Crippen LogP contribution in [-0.4, -0.2) is 8.80 Å². The Balaban J connectivity index is 1.03. The van der Waals surface area contributed by atoms with E-state index in [1.54, 1.807) is 0 Å². The van der Waals surface area contributed by atoms with Crippen LogP contribution in [0, 0.1) is 0 Å². The first-order chi connectivity index (χ1) is 26.2. The minimum atomic E-state index is -0.0183. The molecular formula is C49H26N2O2. The van der Waals surface area contributed by atoms with Crippen molar-refractivity contribution in [3.8, 4) is 22.3 Å². The van der Waals surface area contributed by atoms with Gasteiger partial charge in [-0.25, -0.2) is 0 Å². The molecule has 8 aromatic carbocycles. The van der Waals surface area contributed by atoms with Gasteiger partial charge in [-0.05, 0) is 70.8 Å². The number of hydrogen-bond acceptors (Lipinski definition) is 2. The predicted molar refractivity (Wildman–Crippen MR) is 220 cm³/mol. The second-order valence-corrected chi connectivity index (χ2v) is 14.4. The van der Waals surface area contributed by atoms with Gasteiger partial charge >= 0.3 is 0 Å². The van der Waals surface area contributed by atoms with Crippen molar-refractivity contribution in [3.05, 3.63) is 168 Å². The number of rotatable bonds is 2. The molecule has 0 atom stereocenters. The standard InChI is InChI=1S/C49H26N2O2/c52-49-35-23-21-27(29-11-7-19-41-45(29)37-15-5-13-33-31-9-1-3-17-39(31)50(41)47(33)37)25-43(35)53-44-26-28(22-24-36(44)49)30-12-8-20-42-46(30)38-16-6-14-34-32-10-2-4-18-40(32)51(42)48(34)38/h1-26H. The molecule has 0 radical (unpaired) electrons. The Labute approximate surface area is 300 Å². The van der Waals surface area contributed by atoms with Crippen molar-refractivity contribution in [2.75, 3.05) is 0 Å². The van der Waals surface area contributed by atoms with E-state index in [-0.39, 0.29) is 5.43 Å². The molecule has 0 unspecified atom stereocenters. The topological polar surface area (TPSA) is 39.0 Å². The molecule has 0 amide bonds. The largest absolute Gasteiger partial charge is 0.456 e. The predicted octanol–water partition coefficient (Wildman–Crippen LogP) is 12.6.